The summed E-state index contributed by atoms with van der Waals surface area (Å²) in [5.74, 6) is -0.606. The molecule has 164 valence electrons. The molecule has 0 saturated heterocycles. The predicted molar refractivity (Wildman–Crippen MR) is 116 cm³/mol. The summed E-state index contributed by atoms with van der Waals surface area (Å²) in [6, 6.07) is 0. The number of nitrogens with zero attached hydrogens (tertiary/aromatic N) is 1. The first-order chi connectivity index (χ1) is 12.9. The minimum atomic E-state index is -1.96. The van der Waals surface area contributed by atoms with Crippen LogP contribution in [0, 0.1) is 0 Å². The van der Waals surface area contributed by atoms with Crippen LogP contribution in [0.15, 0.2) is 4.99 Å². The zero-order valence-corrected chi connectivity index (χ0v) is 18.8. The molecule has 0 heterocycles. The van der Waals surface area contributed by atoms with E-state index in [1.54, 1.807) is 0 Å². The van der Waals surface area contributed by atoms with E-state index in [0.717, 1.165) is 13.0 Å². The Hall–Kier alpha value is -0.460. The molecule has 0 aliphatic heterocycles. The van der Waals surface area contributed by atoms with Crippen molar-refractivity contribution >= 4 is 14.3 Å². The standard InChI is InChI=1S/C13H29N3.C6H15O4P/c1-2-3-4-5-6-7-8-9-10-11-12-16-13(14)15;1-4-6(9-2,10-3)5-11(7)8/h2-12H2,1H3,(H4,14,15,16);7-8H,4-5H2,1-3H3. The van der Waals surface area contributed by atoms with Gasteiger partial charge in [-0.2, -0.15) is 0 Å². The van der Waals surface area contributed by atoms with Crippen LogP contribution in [0.3, 0.4) is 0 Å². The van der Waals surface area contributed by atoms with E-state index in [1.807, 2.05) is 6.92 Å². The Balaban J connectivity index is 0. The van der Waals surface area contributed by atoms with Gasteiger partial charge in [-0.25, -0.2) is 0 Å². The van der Waals surface area contributed by atoms with Crippen LogP contribution in [0.25, 0.3) is 0 Å². The highest BCUT2D eigenvalue weighted by atomic mass is 31.2. The van der Waals surface area contributed by atoms with Gasteiger partial charge in [0.05, 0.1) is 6.16 Å². The van der Waals surface area contributed by atoms with Crippen LogP contribution in [0.5, 0.6) is 0 Å². The van der Waals surface area contributed by atoms with Gasteiger partial charge in [0.25, 0.3) is 0 Å². The Kier molecular flexibility index (Phi) is 21.6. The molecule has 0 aromatic heterocycles. The minimum absolute atomic E-state index is 0.131. The summed E-state index contributed by atoms with van der Waals surface area (Å²) in [7, 11) is 1.03. The van der Waals surface area contributed by atoms with Crippen molar-refractivity contribution in [2.24, 2.45) is 16.5 Å². The first-order valence-corrected chi connectivity index (χ1v) is 11.6. The fourth-order valence-corrected chi connectivity index (χ4v) is 3.55. The zero-order valence-electron chi connectivity index (χ0n) is 18.0. The molecule has 0 spiro atoms. The van der Waals surface area contributed by atoms with Gasteiger partial charge in [-0.05, 0) is 12.8 Å². The molecule has 0 radical (unpaired) electrons. The fraction of sp³-hybridized carbons (Fsp3) is 0.947. The Morgan fingerprint density at radius 2 is 1.30 bits per heavy atom. The lowest BCUT2D eigenvalue weighted by Crippen LogP contribution is -2.36. The number of unbranched alkanes of at least 4 members (excludes halogenated alkanes) is 9. The monoisotopic (exact) mass is 409 g/mol. The zero-order chi connectivity index (χ0) is 21.0. The van der Waals surface area contributed by atoms with Crippen LogP contribution in [0.1, 0.15) is 84.5 Å². The van der Waals surface area contributed by atoms with Crippen molar-refractivity contribution in [2.45, 2.75) is 90.3 Å². The van der Waals surface area contributed by atoms with Gasteiger partial charge in [0.2, 0.25) is 0 Å². The molecule has 0 amide bonds. The minimum Gasteiger partial charge on any atom is -0.370 e. The third kappa shape index (κ3) is 20.1. The number of hydrogen-bond donors (Lipinski definition) is 4. The SMILES string of the molecule is CCC(CP(O)O)(OC)OC.CCCCCCCCCCCCN=C(N)N. The van der Waals surface area contributed by atoms with E-state index < -0.39 is 14.2 Å². The van der Waals surface area contributed by atoms with Gasteiger partial charge < -0.3 is 30.7 Å². The molecule has 0 aromatic carbocycles. The molecule has 0 rings (SSSR count). The van der Waals surface area contributed by atoms with E-state index in [9.17, 15) is 0 Å². The van der Waals surface area contributed by atoms with Crippen molar-refractivity contribution in [3.63, 3.8) is 0 Å². The Labute approximate surface area is 167 Å². The molecule has 0 fully saturated rings. The van der Waals surface area contributed by atoms with Crippen molar-refractivity contribution in [1.82, 2.24) is 0 Å². The molecule has 0 atom stereocenters. The summed E-state index contributed by atoms with van der Waals surface area (Å²) in [5, 5.41) is 0. The summed E-state index contributed by atoms with van der Waals surface area (Å²) < 4.78 is 10.0. The van der Waals surface area contributed by atoms with Crippen molar-refractivity contribution in [1.29, 1.82) is 0 Å². The van der Waals surface area contributed by atoms with Crippen LogP contribution >= 0.6 is 8.38 Å². The maximum atomic E-state index is 8.74. The lowest BCUT2D eigenvalue weighted by molar-refractivity contribution is -0.192. The van der Waals surface area contributed by atoms with Gasteiger partial charge in [0.15, 0.2) is 20.1 Å². The number of ether oxygens (including phenoxy) is 2. The fourth-order valence-electron chi connectivity index (χ4n) is 2.64. The van der Waals surface area contributed by atoms with Gasteiger partial charge in [0.1, 0.15) is 0 Å². The third-order valence-corrected chi connectivity index (χ3v) is 5.24. The van der Waals surface area contributed by atoms with E-state index in [-0.39, 0.29) is 12.1 Å². The summed E-state index contributed by atoms with van der Waals surface area (Å²) in [6.07, 6.45) is 14.2. The van der Waals surface area contributed by atoms with Crippen LogP contribution in [-0.2, 0) is 9.47 Å². The third-order valence-electron chi connectivity index (χ3n) is 4.47. The van der Waals surface area contributed by atoms with Crippen molar-refractivity contribution in [3.05, 3.63) is 0 Å². The van der Waals surface area contributed by atoms with Crippen LogP contribution < -0.4 is 11.5 Å². The Morgan fingerprint density at radius 3 is 1.59 bits per heavy atom. The normalized spacial score (nSPS) is 11.2. The number of guanidine groups is 1. The summed E-state index contributed by atoms with van der Waals surface area (Å²) in [4.78, 5) is 21.4. The van der Waals surface area contributed by atoms with Crippen LogP contribution in [0.4, 0.5) is 0 Å². The maximum absolute atomic E-state index is 8.74. The highest BCUT2D eigenvalue weighted by Gasteiger charge is 2.30. The summed E-state index contributed by atoms with van der Waals surface area (Å²) in [6.45, 7) is 4.92. The quantitative estimate of drug-likeness (QED) is 0.101. The number of aliphatic imine (C=N–C) groups is 1. The molecule has 8 heteroatoms. The molecule has 0 aromatic rings. The molecule has 0 aliphatic rings. The molecule has 27 heavy (non-hydrogen) atoms. The molecule has 6 N–H and O–H groups in total. The average molecular weight is 410 g/mol. The van der Waals surface area contributed by atoms with Gasteiger partial charge in [-0.3, -0.25) is 4.99 Å². The van der Waals surface area contributed by atoms with E-state index in [4.69, 9.17) is 30.7 Å². The van der Waals surface area contributed by atoms with E-state index in [2.05, 4.69) is 11.9 Å². The Bertz CT molecular complexity index is 329. The van der Waals surface area contributed by atoms with Gasteiger partial charge in [0, 0.05) is 20.8 Å². The number of methoxy groups -OCH3 is 2. The second-order valence-corrected chi connectivity index (χ2v) is 7.75. The molecular weight excluding hydrogens is 365 g/mol. The van der Waals surface area contributed by atoms with E-state index in [1.165, 1.54) is 72.0 Å². The molecule has 0 aliphatic carbocycles. The lowest BCUT2D eigenvalue weighted by Gasteiger charge is -2.29. The molecular formula is C19H44N3O4P. The van der Waals surface area contributed by atoms with Crippen molar-refractivity contribution in [3.8, 4) is 0 Å². The molecule has 7 nitrogen and oxygen atoms in total. The molecule has 0 saturated carbocycles. The van der Waals surface area contributed by atoms with Crippen molar-refractivity contribution in [2.75, 3.05) is 26.9 Å². The number of nitrogens with two attached hydrogens (primary N) is 2. The maximum Gasteiger partial charge on any atom is 0.185 e. The lowest BCUT2D eigenvalue weighted by atomic mass is 10.1. The van der Waals surface area contributed by atoms with E-state index >= 15 is 0 Å². The Morgan fingerprint density at radius 1 is 0.852 bits per heavy atom. The van der Waals surface area contributed by atoms with Crippen LogP contribution in [-0.4, -0.2) is 48.5 Å². The van der Waals surface area contributed by atoms with Gasteiger partial charge in [-0.15, -0.1) is 0 Å². The smallest absolute Gasteiger partial charge is 0.185 e. The van der Waals surface area contributed by atoms with Gasteiger partial charge >= 0.3 is 0 Å². The second-order valence-electron chi connectivity index (χ2n) is 6.69. The average Bonchev–Trinajstić information content (AvgIpc) is 2.64. The second kappa shape index (κ2) is 20.3. The largest absolute Gasteiger partial charge is 0.370 e. The van der Waals surface area contributed by atoms with E-state index in [0.29, 0.717) is 6.42 Å². The number of hydrogen-bond acceptors (Lipinski definition) is 5. The topological polar surface area (TPSA) is 123 Å². The first-order valence-electron chi connectivity index (χ1n) is 10.2. The molecule has 0 unspecified atom stereocenters. The van der Waals surface area contributed by atoms with Crippen molar-refractivity contribution < 1.29 is 19.3 Å². The highest BCUT2D eigenvalue weighted by molar-refractivity contribution is 7.45. The summed E-state index contributed by atoms with van der Waals surface area (Å²) in [5.41, 5.74) is 10.5. The highest BCUT2D eigenvalue weighted by Crippen LogP contribution is 2.32. The summed E-state index contributed by atoms with van der Waals surface area (Å²) >= 11 is 0. The predicted octanol–water partition coefficient (Wildman–Crippen LogP) is 3.86. The first kappa shape index (κ1) is 28.7. The van der Waals surface area contributed by atoms with Gasteiger partial charge in [-0.1, -0.05) is 71.6 Å². The molecule has 0 bridgehead atoms. The van der Waals surface area contributed by atoms with Crippen LogP contribution in [0.2, 0.25) is 0 Å². The number of rotatable bonds is 16.